The topological polar surface area (TPSA) is 131 Å². The van der Waals surface area contributed by atoms with Gasteiger partial charge in [-0.3, -0.25) is 9.59 Å². The summed E-state index contributed by atoms with van der Waals surface area (Å²) in [4.78, 5) is 34.6. The van der Waals surface area contributed by atoms with Crippen LogP contribution in [-0.2, 0) is 19.6 Å². The molecule has 2 rings (SSSR count). The van der Waals surface area contributed by atoms with Crippen molar-refractivity contribution < 1.29 is 22.7 Å². The Morgan fingerprint density at radius 2 is 1.66 bits per heavy atom. The molecule has 154 valence electrons. The summed E-state index contributed by atoms with van der Waals surface area (Å²) >= 11 is 0. The maximum absolute atomic E-state index is 12.3. The average molecular weight is 419 g/mol. The molecule has 2 aromatic rings. The van der Waals surface area contributed by atoms with Crippen molar-refractivity contribution in [3.8, 4) is 0 Å². The molecule has 0 aromatic heterocycles. The third-order valence-corrected chi connectivity index (χ3v) is 4.91. The molecule has 9 nitrogen and oxygen atoms in total. The molecular formula is C19H21N3O6S. The molecule has 29 heavy (non-hydrogen) atoms. The van der Waals surface area contributed by atoms with E-state index in [1.165, 1.54) is 36.4 Å². The summed E-state index contributed by atoms with van der Waals surface area (Å²) in [5, 5.41) is 5.36. The largest absolute Gasteiger partial charge is 0.459 e. The number of hydrogen-bond acceptors (Lipinski definition) is 7. The van der Waals surface area contributed by atoms with Gasteiger partial charge in [-0.05, 0) is 62.3 Å². The fraction of sp³-hybridized carbons (Fsp3) is 0.263. The van der Waals surface area contributed by atoms with Gasteiger partial charge < -0.3 is 10.1 Å². The number of rotatable bonds is 7. The standard InChI is InChI=1S/C19H21N3O6S/c1-19(2,3)28-17(23)12-20-29(26,27)14-10-8-13(9-11-14)21-18(24)15-6-4-5-7-16(15)22-25/h4-11,20H,12H2,1-3H3,(H,21,24). The SMILES string of the molecule is CC(C)(C)OC(=O)CNS(=O)(=O)c1ccc(NC(=O)c2ccccc2N=O)cc1. The second kappa shape index (κ2) is 8.93. The molecule has 0 spiro atoms. The lowest BCUT2D eigenvalue weighted by atomic mass is 10.1. The van der Waals surface area contributed by atoms with E-state index in [1.807, 2.05) is 0 Å². The van der Waals surface area contributed by atoms with Crippen LogP contribution in [0, 0.1) is 4.91 Å². The predicted octanol–water partition coefficient (Wildman–Crippen LogP) is 2.96. The molecule has 2 aromatic carbocycles. The second-order valence-corrected chi connectivity index (χ2v) is 8.76. The van der Waals surface area contributed by atoms with Crippen molar-refractivity contribution in [2.75, 3.05) is 11.9 Å². The minimum absolute atomic E-state index is 0.00413. The van der Waals surface area contributed by atoms with Gasteiger partial charge in [-0.25, -0.2) is 8.42 Å². The van der Waals surface area contributed by atoms with E-state index in [-0.39, 0.29) is 16.1 Å². The van der Waals surface area contributed by atoms with E-state index in [0.29, 0.717) is 5.69 Å². The minimum atomic E-state index is -3.94. The van der Waals surface area contributed by atoms with Crippen LogP contribution >= 0.6 is 0 Å². The highest BCUT2D eigenvalue weighted by Crippen LogP contribution is 2.20. The van der Waals surface area contributed by atoms with Crippen molar-refractivity contribution in [2.24, 2.45) is 5.18 Å². The number of sulfonamides is 1. The van der Waals surface area contributed by atoms with Gasteiger partial charge in [0.2, 0.25) is 10.0 Å². The van der Waals surface area contributed by atoms with E-state index in [2.05, 4.69) is 15.2 Å². The van der Waals surface area contributed by atoms with E-state index in [9.17, 15) is 22.9 Å². The molecule has 1 amide bonds. The van der Waals surface area contributed by atoms with E-state index >= 15 is 0 Å². The Bertz CT molecular complexity index is 1010. The smallest absolute Gasteiger partial charge is 0.321 e. The molecule has 0 aliphatic heterocycles. The molecule has 0 radical (unpaired) electrons. The number of benzene rings is 2. The van der Waals surface area contributed by atoms with Gasteiger partial charge in [-0.15, -0.1) is 4.91 Å². The Kier molecular flexibility index (Phi) is 6.83. The van der Waals surface area contributed by atoms with Crippen LogP contribution in [0.15, 0.2) is 58.6 Å². The highest BCUT2D eigenvalue weighted by molar-refractivity contribution is 7.89. The first-order valence-corrected chi connectivity index (χ1v) is 10.1. The molecule has 0 aliphatic carbocycles. The molecule has 0 atom stereocenters. The molecule has 0 aliphatic rings. The van der Waals surface area contributed by atoms with Crippen molar-refractivity contribution in [3.63, 3.8) is 0 Å². The van der Waals surface area contributed by atoms with Crippen LogP contribution in [0.1, 0.15) is 31.1 Å². The van der Waals surface area contributed by atoms with Crippen LogP contribution < -0.4 is 10.0 Å². The van der Waals surface area contributed by atoms with Crippen LogP contribution in [-0.4, -0.2) is 32.4 Å². The minimum Gasteiger partial charge on any atom is -0.459 e. The average Bonchev–Trinajstić information content (AvgIpc) is 2.65. The van der Waals surface area contributed by atoms with Gasteiger partial charge in [0.05, 0.1) is 10.5 Å². The first-order chi connectivity index (χ1) is 13.5. The van der Waals surface area contributed by atoms with E-state index in [0.717, 1.165) is 0 Å². The van der Waals surface area contributed by atoms with Crippen molar-refractivity contribution in [2.45, 2.75) is 31.3 Å². The Morgan fingerprint density at radius 1 is 1.03 bits per heavy atom. The van der Waals surface area contributed by atoms with E-state index < -0.39 is 34.0 Å². The predicted molar refractivity (Wildman–Crippen MR) is 107 cm³/mol. The highest BCUT2D eigenvalue weighted by atomic mass is 32.2. The molecular weight excluding hydrogens is 398 g/mol. The van der Waals surface area contributed by atoms with Gasteiger partial charge in [-0.1, -0.05) is 12.1 Å². The van der Waals surface area contributed by atoms with Gasteiger partial charge in [0.1, 0.15) is 17.8 Å². The summed E-state index contributed by atoms with van der Waals surface area (Å²) in [6.45, 7) is 4.52. The first kappa shape index (κ1) is 22.2. The molecule has 10 heteroatoms. The summed E-state index contributed by atoms with van der Waals surface area (Å²) in [5.74, 6) is -1.26. The normalized spacial score (nSPS) is 11.6. The lowest BCUT2D eigenvalue weighted by Crippen LogP contribution is -2.34. The Hall–Kier alpha value is -3.11. The molecule has 0 bridgehead atoms. The van der Waals surface area contributed by atoms with Crippen molar-refractivity contribution in [3.05, 3.63) is 59.0 Å². The zero-order chi connectivity index (χ0) is 21.7. The number of carbonyl (C=O) groups is 2. The zero-order valence-corrected chi connectivity index (χ0v) is 16.9. The number of esters is 1. The van der Waals surface area contributed by atoms with Crippen LogP contribution in [0.2, 0.25) is 0 Å². The highest BCUT2D eigenvalue weighted by Gasteiger charge is 2.20. The molecule has 0 unspecified atom stereocenters. The number of amides is 1. The van der Waals surface area contributed by atoms with Crippen molar-refractivity contribution >= 4 is 33.3 Å². The lowest BCUT2D eigenvalue weighted by Gasteiger charge is -2.19. The first-order valence-electron chi connectivity index (χ1n) is 8.57. The zero-order valence-electron chi connectivity index (χ0n) is 16.1. The van der Waals surface area contributed by atoms with E-state index in [1.54, 1.807) is 32.9 Å². The Balaban J connectivity index is 2.04. The third-order valence-electron chi connectivity index (χ3n) is 3.50. The van der Waals surface area contributed by atoms with Crippen molar-refractivity contribution in [1.82, 2.24) is 4.72 Å². The van der Waals surface area contributed by atoms with Crippen LogP contribution in [0.4, 0.5) is 11.4 Å². The van der Waals surface area contributed by atoms with Gasteiger partial charge in [0.25, 0.3) is 5.91 Å². The maximum atomic E-state index is 12.3. The fourth-order valence-corrected chi connectivity index (χ4v) is 3.24. The Labute approximate surface area is 168 Å². The number of nitroso groups, excluding NO2 is 1. The quantitative estimate of drug-likeness (QED) is 0.524. The summed E-state index contributed by atoms with van der Waals surface area (Å²) in [7, 11) is -3.94. The van der Waals surface area contributed by atoms with Crippen LogP contribution in [0.5, 0.6) is 0 Å². The van der Waals surface area contributed by atoms with Gasteiger partial charge in [0, 0.05) is 5.69 Å². The number of ether oxygens (including phenoxy) is 1. The summed E-state index contributed by atoms with van der Waals surface area (Å²) < 4.78 is 31.8. The maximum Gasteiger partial charge on any atom is 0.321 e. The second-order valence-electron chi connectivity index (χ2n) is 7.00. The van der Waals surface area contributed by atoms with Crippen LogP contribution in [0.3, 0.4) is 0 Å². The summed E-state index contributed by atoms with van der Waals surface area (Å²) in [5.41, 5.74) is -0.309. The third kappa shape index (κ3) is 6.47. The molecule has 0 fully saturated rings. The van der Waals surface area contributed by atoms with Gasteiger partial charge in [0.15, 0.2) is 0 Å². The summed E-state index contributed by atoms with van der Waals surface area (Å²) in [6.07, 6.45) is 0. The number of carbonyl (C=O) groups excluding carboxylic acids is 2. The number of nitrogens with one attached hydrogen (secondary N) is 2. The van der Waals surface area contributed by atoms with Gasteiger partial charge >= 0.3 is 5.97 Å². The number of anilines is 1. The Morgan fingerprint density at radius 3 is 2.24 bits per heavy atom. The molecule has 0 saturated heterocycles. The molecule has 2 N–H and O–H groups in total. The van der Waals surface area contributed by atoms with E-state index in [4.69, 9.17) is 4.74 Å². The van der Waals surface area contributed by atoms with Crippen LogP contribution in [0.25, 0.3) is 0 Å². The van der Waals surface area contributed by atoms with Gasteiger partial charge in [-0.2, -0.15) is 4.72 Å². The monoisotopic (exact) mass is 419 g/mol. The molecule has 0 saturated carbocycles. The fourth-order valence-electron chi connectivity index (χ4n) is 2.28. The molecule has 0 heterocycles. The number of hydrogen-bond donors (Lipinski definition) is 2. The van der Waals surface area contributed by atoms with Crippen molar-refractivity contribution in [1.29, 1.82) is 0 Å². The lowest BCUT2D eigenvalue weighted by molar-refractivity contribution is -0.153. The summed E-state index contributed by atoms with van der Waals surface area (Å²) in [6, 6.07) is 11.4. The number of nitrogens with zero attached hydrogens (tertiary/aromatic N) is 1.